The molecule has 1 aliphatic rings. The van der Waals surface area contributed by atoms with Gasteiger partial charge in [0.15, 0.2) is 0 Å². The van der Waals surface area contributed by atoms with Crippen LogP contribution in [0.3, 0.4) is 0 Å². The van der Waals surface area contributed by atoms with Gasteiger partial charge in [0, 0.05) is 0 Å². The van der Waals surface area contributed by atoms with E-state index in [9.17, 15) is 10.0 Å². The van der Waals surface area contributed by atoms with Crippen molar-refractivity contribution in [2.45, 2.75) is 6.04 Å². The number of carboxylic acid groups (broad SMARTS) is 1. The Morgan fingerprint density at radius 1 is 1.90 bits per heavy atom. The predicted molar refractivity (Wildman–Crippen MR) is 34.2 cm³/mol. The lowest BCUT2D eigenvalue weighted by molar-refractivity contribution is -0.724. The van der Waals surface area contributed by atoms with Crippen LogP contribution in [0.5, 0.6) is 0 Å². The van der Waals surface area contributed by atoms with Crippen LogP contribution in [0.15, 0.2) is 0 Å². The van der Waals surface area contributed by atoms with Crippen molar-refractivity contribution in [1.82, 2.24) is 0 Å². The lowest BCUT2D eigenvalue weighted by Crippen LogP contribution is -3.08. The maximum Gasteiger partial charge on any atom is 0.366 e. The van der Waals surface area contributed by atoms with Crippen molar-refractivity contribution in [2.75, 3.05) is 12.5 Å². The molecule has 58 valence electrons. The Hall–Kier alpha value is -0.300. The van der Waals surface area contributed by atoms with E-state index in [1.54, 1.807) is 0 Å². The molecule has 0 aliphatic carbocycles. The summed E-state index contributed by atoms with van der Waals surface area (Å²) in [6.45, 7) is 0.0150. The van der Waals surface area contributed by atoms with E-state index in [0.717, 1.165) is 11.9 Å². The molecule has 5 nitrogen and oxygen atoms in total. The van der Waals surface area contributed by atoms with Crippen molar-refractivity contribution in [1.29, 1.82) is 0 Å². The second-order valence-corrected chi connectivity index (χ2v) is 2.77. The zero-order valence-corrected chi connectivity index (χ0v) is 5.89. The van der Waals surface area contributed by atoms with Gasteiger partial charge in [-0.1, -0.05) is 0 Å². The lowest BCUT2D eigenvalue weighted by atomic mass is 10.3. The molecular weight excluding hydrogens is 158 g/mol. The van der Waals surface area contributed by atoms with Crippen LogP contribution in [0, 0.1) is 5.21 Å². The van der Waals surface area contributed by atoms with Gasteiger partial charge < -0.3 is 15.1 Å². The van der Waals surface area contributed by atoms with Crippen LogP contribution in [0.25, 0.3) is 0 Å². The van der Waals surface area contributed by atoms with Crippen molar-refractivity contribution >= 4 is 17.9 Å². The molecule has 0 radical (unpaired) electrons. The van der Waals surface area contributed by atoms with E-state index in [1.807, 2.05) is 0 Å². The van der Waals surface area contributed by atoms with Crippen molar-refractivity contribution < 1.29 is 19.1 Å². The van der Waals surface area contributed by atoms with E-state index in [2.05, 4.69) is 0 Å². The Labute approximate surface area is 61.7 Å². The summed E-state index contributed by atoms with van der Waals surface area (Å²) in [5, 5.41) is 19.1. The molecule has 10 heavy (non-hydrogen) atoms. The van der Waals surface area contributed by atoms with Gasteiger partial charge in [-0.25, -0.2) is 4.79 Å². The van der Waals surface area contributed by atoms with Crippen molar-refractivity contribution in [3.8, 4) is 0 Å². The van der Waals surface area contributed by atoms with E-state index < -0.39 is 12.0 Å². The fourth-order valence-corrected chi connectivity index (χ4v) is 1.27. The Kier molecular flexibility index (Phi) is 2.50. The summed E-state index contributed by atoms with van der Waals surface area (Å²) in [5.74, 6) is -0.819. The molecule has 6 heteroatoms. The molecule has 1 rings (SSSR count). The molecule has 0 saturated carbocycles. The minimum atomic E-state index is -1.10. The number of carboxylic acids is 1. The van der Waals surface area contributed by atoms with E-state index in [1.165, 1.54) is 0 Å². The first-order chi connectivity index (χ1) is 4.72. The highest BCUT2D eigenvalue weighted by Crippen LogP contribution is 1.98. The third kappa shape index (κ3) is 1.60. The largest absolute Gasteiger partial charge is 0.621 e. The van der Waals surface area contributed by atoms with Crippen LogP contribution in [0.4, 0.5) is 0 Å². The molecule has 0 aromatic carbocycles. The van der Waals surface area contributed by atoms with E-state index in [0.29, 0.717) is 0 Å². The van der Waals surface area contributed by atoms with Gasteiger partial charge in [-0.05, 0) is 0 Å². The van der Waals surface area contributed by atoms with Crippen LogP contribution < -0.4 is 4.47 Å². The fraction of sp³-hybridized carbons (Fsp3) is 0.750. The molecule has 1 saturated heterocycles. The Bertz CT molecular complexity index is 141. The van der Waals surface area contributed by atoms with Crippen molar-refractivity contribution in [2.24, 2.45) is 0 Å². The number of hydrogen-bond acceptors (Lipinski definition) is 4. The fourth-order valence-electron chi connectivity index (χ4n) is 0.606. The Balaban J connectivity index is 2.47. The molecule has 0 spiro atoms. The molecule has 1 aliphatic heterocycles. The third-order valence-electron chi connectivity index (χ3n) is 1.15. The summed E-state index contributed by atoms with van der Waals surface area (Å²) in [6.07, 6.45) is 0. The second-order valence-electron chi connectivity index (χ2n) is 1.84. The third-order valence-corrected chi connectivity index (χ3v) is 2.01. The number of ether oxygens (including phenoxy) is 1. The molecule has 0 aromatic heterocycles. The van der Waals surface area contributed by atoms with Gasteiger partial charge in [0.25, 0.3) is 0 Å². The van der Waals surface area contributed by atoms with Gasteiger partial charge in [-0.2, -0.15) is 0 Å². The van der Waals surface area contributed by atoms with Gasteiger partial charge in [0.2, 0.25) is 6.04 Å². The number of carbonyl (C=O) groups is 1. The SMILES string of the molecule is O=C(O)C1COCS[NH+]1[O-]. The van der Waals surface area contributed by atoms with Gasteiger partial charge in [0.1, 0.15) is 24.5 Å². The maximum absolute atomic E-state index is 10.7. The Morgan fingerprint density at radius 2 is 2.60 bits per heavy atom. The number of quaternary nitrogens is 1. The van der Waals surface area contributed by atoms with Crippen molar-refractivity contribution in [3.63, 3.8) is 0 Å². The quantitative estimate of drug-likeness (QED) is 0.364. The van der Waals surface area contributed by atoms with Crippen LogP contribution in [-0.4, -0.2) is 29.7 Å². The zero-order valence-electron chi connectivity index (χ0n) is 5.07. The van der Waals surface area contributed by atoms with Crippen LogP contribution >= 0.6 is 11.9 Å². The standard InChI is InChI=1S/C4H7NO4S/c6-4(7)3-1-9-2-10-5(3)8/h3,5H,1-2H2,(H,6,7). The minimum Gasteiger partial charge on any atom is -0.621 e. The number of aliphatic carboxylic acids is 1. The first-order valence-corrected chi connectivity index (χ1v) is 3.67. The average Bonchev–Trinajstić information content (AvgIpc) is 1.88. The normalized spacial score (nSPS) is 33.7. The van der Waals surface area contributed by atoms with Gasteiger partial charge in [-0.3, -0.25) is 4.47 Å². The molecule has 0 bridgehead atoms. The van der Waals surface area contributed by atoms with E-state index >= 15 is 0 Å². The van der Waals surface area contributed by atoms with E-state index in [4.69, 9.17) is 9.84 Å². The summed E-state index contributed by atoms with van der Waals surface area (Å²) in [4.78, 5) is 10.3. The summed E-state index contributed by atoms with van der Waals surface area (Å²) >= 11 is 0.913. The minimum absolute atomic E-state index is 0.0150. The average molecular weight is 165 g/mol. The molecule has 1 heterocycles. The van der Waals surface area contributed by atoms with Crippen molar-refractivity contribution in [3.05, 3.63) is 5.21 Å². The number of hydroxylamine groups is 1. The highest BCUT2D eigenvalue weighted by Gasteiger charge is 2.29. The van der Waals surface area contributed by atoms with E-state index in [-0.39, 0.29) is 17.0 Å². The number of nitrogens with one attached hydrogen (secondary N) is 1. The maximum atomic E-state index is 10.7. The molecule has 0 aromatic rings. The Morgan fingerprint density at radius 3 is 3.00 bits per heavy atom. The zero-order chi connectivity index (χ0) is 7.56. The molecule has 0 amide bonds. The molecule has 2 N–H and O–H groups in total. The predicted octanol–water partition coefficient (Wildman–Crippen LogP) is -1.54. The van der Waals surface area contributed by atoms with Gasteiger partial charge in [0.05, 0.1) is 0 Å². The molecular formula is C4H7NO4S. The summed E-state index contributed by atoms with van der Waals surface area (Å²) in [5.41, 5.74) is 0. The highest BCUT2D eigenvalue weighted by molar-refractivity contribution is 7.92. The molecule has 1 fully saturated rings. The number of rotatable bonds is 1. The lowest BCUT2D eigenvalue weighted by Gasteiger charge is -2.29. The van der Waals surface area contributed by atoms with Crippen LogP contribution in [0.1, 0.15) is 0 Å². The van der Waals surface area contributed by atoms with Gasteiger partial charge in [-0.15, -0.1) is 0 Å². The highest BCUT2D eigenvalue weighted by atomic mass is 32.2. The first kappa shape index (κ1) is 7.80. The first-order valence-electron chi connectivity index (χ1n) is 2.69. The smallest absolute Gasteiger partial charge is 0.366 e. The summed E-state index contributed by atoms with van der Waals surface area (Å²) in [6, 6.07) is -0.959. The number of hydrogen-bond donors (Lipinski definition) is 2. The monoisotopic (exact) mass is 165 g/mol. The van der Waals surface area contributed by atoms with Crippen LogP contribution in [0.2, 0.25) is 0 Å². The van der Waals surface area contributed by atoms with Crippen LogP contribution in [-0.2, 0) is 9.53 Å². The summed E-state index contributed by atoms with van der Waals surface area (Å²) in [7, 11) is 0. The van der Waals surface area contributed by atoms with Gasteiger partial charge >= 0.3 is 5.97 Å². The second kappa shape index (κ2) is 3.20. The molecule has 2 unspecified atom stereocenters. The topological polar surface area (TPSA) is 74.0 Å². The summed E-state index contributed by atoms with van der Waals surface area (Å²) < 4.78 is 4.47. The molecule has 2 atom stereocenters.